The molecule has 0 amide bonds. The van der Waals surface area contributed by atoms with Crippen molar-refractivity contribution >= 4 is 17.2 Å². The van der Waals surface area contributed by atoms with Crippen LogP contribution >= 0.6 is 0 Å². The molecule has 3 nitrogen and oxygen atoms in total. The van der Waals surface area contributed by atoms with Gasteiger partial charge in [0.15, 0.2) is 0 Å². The quantitative estimate of drug-likeness (QED) is 0.677. The number of esters is 1. The number of hydrogen-bond acceptors (Lipinski definition) is 3. The predicted octanol–water partition coefficient (Wildman–Crippen LogP) is 4.66. The number of carbonyl (C=O) groups is 1. The average molecular weight is 355 g/mol. The molecule has 0 spiro atoms. The maximum atomic E-state index is 12.7. The summed E-state index contributed by atoms with van der Waals surface area (Å²) in [5.74, 6) is -0.224. The first-order valence-corrected chi connectivity index (χ1v) is 9.12. The second-order valence-electron chi connectivity index (χ2n) is 6.58. The Labute approximate surface area is 159 Å². The molecule has 3 heteroatoms. The van der Waals surface area contributed by atoms with Crippen LogP contribution in [0.25, 0.3) is 11.3 Å². The summed E-state index contributed by atoms with van der Waals surface area (Å²) in [4.78, 5) is 12.7. The molecule has 134 valence electrons. The standard InChI is InChI=1S/C24H21NO2/c26-24(27-17-18-10-4-1-5-11-18)22-16-21(19-12-6-2-7-13-19)23(25-22)20-14-8-3-9-15-20/h1-15,22,25H,16-17H2. The van der Waals surface area contributed by atoms with Gasteiger partial charge < -0.3 is 10.1 Å². The molecule has 0 saturated carbocycles. The smallest absolute Gasteiger partial charge is 0.329 e. The third-order valence-corrected chi connectivity index (χ3v) is 4.72. The van der Waals surface area contributed by atoms with Crippen molar-refractivity contribution < 1.29 is 9.53 Å². The zero-order chi connectivity index (χ0) is 18.5. The maximum absolute atomic E-state index is 12.7. The van der Waals surface area contributed by atoms with Crippen LogP contribution in [0.15, 0.2) is 91.0 Å². The van der Waals surface area contributed by atoms with Crippen molar-refractivity contribution in [3.63, 3.8) is 0 Å². The highest BCUT2D eigenvalue weighted by atomic mass is 16.5. The van der Waals surface area contributed by atoms with E-state index in [0.29, 0.717) is 13.0 Å². The lowest BCUT2D eigenvalue weighted by Gasteiger charge is -2.13. The van der Waals surface area contributed by atoms with E-state index in [2.05, 4.69) is 29.6 Å². The molecule has 0 saturated heterocycles. The summed E-state index contributed by atoms with van der Waals surface area (Å²) in [6.45, 7) is 0.291. The minimum Gasteiger partial charge on any atom is -0.459 e. The molecule has 3 aromatic carbocycles. The van der Waals surface area contributed by atoms with Crippen LogP contribution < -0.4 is 5.32 Å². The Balaban J connectivity index is 1.54. The van der Waals surface area contributed by atoms with Gasteiger partial charge in [-0.1, -0.05) is 91.0 Å². The lowest BCUT2D eigenvalue weighted by Crippen LogP contribution is -2.32. The topological polar surface area (TPSA) is 38.3 Å². The Bertz CT molecular complexity index is 882. The fraction of sp³-hybridized carbons (Fsp3) is 0.125. The SMILES string of the molecule is O=C(OCc1ccccc1)C1CC(c2ccccc2)=C(c2ccccc2)N1. The largest absolute Gasteiger partial charge is 0.459 e. The van der Waals surface area contributed by atoms with Gasteiger partial charge in [-0.25, -0.2) is 4.79 Å². The Morgan fingerprint density at radius 1 is 0.815 bits per heavy atom. The van der Waals surface area contributed by atoms with E-state index in [-0.39, 0.29) is 12.0 Å². The van der Waals surface area contributed by atoms with Crippen LogP contribution in [-0.4, -0.2) is 12.0 Å². The molecule has 1 atom stereocenters. The summed E-state index contributed by atoms with van der Waals surface area (Å²) < 4.78 is 5.55. The van der Waals surface area contributed by atoms with Crippen LogP contribution in [0.5, 0.6) is 0 Å². The maximum Gasteiger partial charge on any atom is 0.329 e. The number of rotatable bonds is 5. The fourth-order valence-electron chi connectivity index (χ4n) is 3.35. The summed E-state index contributed by atoms with van der Waals surface area (Å²) in [5, 5.41) is 3.40. The number of ether oxygens (including phenoxy) is 1. The van der Waals surface area contributed by atoms with Gasteiger partial charge >= 0.3 is 5.97 Å². The molecule has 1 aliphatic rings. The van der Waals surface area contributed by atoms with Gasteiger partial charge in [0.2, 0.25) is 0 Å². The first-order valence-electron chi connectivity index (χ1n) is 9.12. The van der Waals surface area contributed by atoms with Gasteiger partial charge in [0.1, 0.15) is 12.6 Å². The van der Waals surface area contributed by atoms with Gasteiger partial charge in [-0.3, -0.25) is 0 Å². The molecule has 1 N–H and O–H groups in total. The molecule has 0 aromatic heterocycles. The van der Waals surface area contributed by atoms with Crippen molar-refractivity contribution in [2.75, 3.05) is 0 Å². The van der Waals surface area contributed by atoms with Gasteiger partial charge in [-0.2, -0.15) is 0 Å². The molecular formula is C24H21NO2. The molecular weight excluding hydrogens is 334 g/mol. The highest BCUT2D eigenvalue weighted by Gasteiger charge is 2.31. The number of carbonyl (C=O) groups excluding carboxylic acids is 1. The first-order chi connectivity index (χ1) is 13.3. The van der Waals surface area contributed by atoms with Crippen LogP contribution in [0.1, 0.15) is 23.1 Å². The molecule has 1 aliphatic heterocycles. The van der Waals surface area contributed by atoms with Gasteiger partial charge in [-0.15, -0.1) is 0 Å². The average Bonchev–Trinajstić information content (AvgIpc) is 3.20. The zero-order valence-corrected chi connectivity index (χ0v) is 15.0. The number of nitrogens with one attached hydrogen (secondary N) is 1. The van der Waals surface area contributed by atoms with Crippen LogP contribution in [-0.2, 0) is 16.1 Å². The molecule has 4 rings (SSSR count). The molecule has 0 aliphatic carbocycles. The van der Waals surface area contributed by atoms with E-state index in [1.54, 1.807) is 0 Å². The van der Waals surface area contributed by atoms with Crippen LogP contribution in [0.4, 0.5) is 0 Å². The Kier molecular flexibility index (Phi) is 5.01. The van der Waals surface area contributed by atoms with Crippen molar-refractivity contribution in [2.24, 2.45) is 0 Å². The van der Waals surface area contributed by atoms with Crippen LogP contribution in [0, 0.1) is 0 Å². The van der Waals surface area contributed by atoms with Crippen molar-refractivity contribution in [1.82, 2.24) is 5.32 Å². The van der Waals surface area contributed by atoms with Crippen LogP contribution in [0.2, 0.25) is 0 Å². The van der Waals surface area contributed by atoms with E-state index >= 15 is 0 Å². The van der Waals surface area contributed by atoms with Crippen molar-refractivity contribution in [2.45, 2.75) is 19.1 Å². The third-order valence-electron chi connectivity index (χ3n) is 4.72. The highest BCUT2D eigenvalue weighted by molar-refractivity contribution is 5.97. The highest BCUT2D eigenvalue weighted by Crippen LogP contribution is 2.34. The molecule has 1 heterocycles. The number of benzene rings is 3. The molecule has 3 aromatic rings. The fourth-order valence-corrected chi connectivity index (χ4v) is 3.35. The van der Waals surface area contributed by atoms with E-state index in [1.807, 2.05) is 66.7 Å². The van der Waals surface area contributed by atoms with Crippen molar-refractivity contribution in [1.29, 1.82) is 0 Å². The first kappa shape index (κ1) is 17.1. The third kappa shape index (κ3) is 3.93. The monoisotopic (exact) mass is 355 g/mol. The van der Waals surface area contributed by atoms with E-state index in [4.69, 9.17) is 4.74 Å². The summed E-state index contributed by atoms with van der Waals surface area (Å²) in [6, 6.07) is 29.7. The van der Waals surface area contributed by atoms with Crippen molar-refractivity contribution in [3.8, 4) is 0 Å². The molecule has 0 bridgehead atoms. The summed E-state index contributed by atoms with van der Waals surface area (Å²) in [5.41, 5.74) is 5.34. The molecule has 27 heavy (non-hydrogen) atoms. The van der Waals surface area contributed by atoms with Crippen molar-refractivity contribution in [3.05, 3.63) is 108 Å². The van der Waals surface area contributed by atoms with E-state index in [1.165, 1.54) is 0 Å². The molecule has 0 fully saturated rings. The van der Waals surface area contributed by atoms with Gasteiger partial charge in [0, 0.05) is 12.1 Å². The van der Waals surface area contributed by atoms with E-state index in [0.717, 1.165) is 28.0 Å². The summed E-state index contributed by atoms with van der Waals surface area (Å²) >= 11 is 0. The second kappa shape index (κ2) is 7.92. The minimum absolute atomic E-state index is 0.224. The normalized spacial score (nSPS) is 16.1. The van der Waals surface area contributed by atoms with Gasteiger partial charge in [0.25, 0.3) is 0 Å². The van der Waals surface area contributed by atoms with Crippen LogP contribution in [0.3, 0.4) is 0 Å². The summed E-state index contributed by atoms with van der Waals surface area (Å²) in [6.07, 6.45) is 0.613. The predicted molar refractivity (Wildman–Crippen MR) is 107 cm³/mol. The van der Waals surface area contributed by atoms with Gasteiger partial charge in [0.05, 0.1) is 0 Å². The lowest BCUT2D eigenvalue weighted by molar-refractivity contribution is -0.146. The Morgan fingerprint density at radius 2 is 1.37 bits per heavy atom. The molecule has 1 unspecified atom stereocenters. The van der Waals surface area contributed by atoms with Gasteiger partial charge in [-0.05, 0) is 22.3 Å². The zero-order valence-electron chi connectivity index (χ0n) is 15.0. The number of hydrogen-bond donors (Lipinski definition) is 1. The molecule has 0 radical (unpaired) electrons. The van der Waals surface area contributed by atoms with E-state index < -0.39 is 0 Å². The second-order valence-corrected chi connectivity index (χ2v) is 6.58. The lowest BCUT2D eigenvalue weighted by atomic mass is 9.98. The summed E-state index contributed by atoms with van der Waals surface area (Å²) in [7, 11) is 0. The Hall–Kier alpha value is -3.33. The van der Waals surface area contributed by atoms with E-state index in [9.17, 15) is 4.79 Å². The minimum atomic E-state index is -0.376. The Morgan fingerprint density at radius 3 is 2.00 bits per heavy atom.